The topological polar surface area (TPSA) is 80.5 Å². The third-order valence-corrected chi connectivity index (χ3v) is 5.27. The summed E-state index contributed by atoms with van der Waals surface area (Å²) >= 11 is 1.15. The molecule has 5 nitrogen and oxygen atoms in total. The molecule has 0 aliphatic rings. The predicted molar refractivity (Wildman–Crippen MR) is 75.4 cm³/mol. The molecular formula is C11H18N2O3S2. The molecule has 0 unspecified atom stereocenters. The van der Waals surface area contributed by atoms with Gasteiger partial charge in [0.2, 0.25) is 0 Å². The zero-order chi connectivity index (χ0) is 14.1. The summed E-state index contributed by atoms with van der Waals surface area (Å²) in [5.41, 5.74) is 5.90. The Morgan fingerprint density at radius 2 is 1.83 bits per heavy atom. The summed E-state index contributed by atoms with van der Waals surface area (Å²) in [6, 6.07) is 0. The number of thiophene rings is 1. The summed E-state index contributed by atoms with van der Waals surface area (Å²) < 4.78 is 23.7. The van der Waals surface area contributed by atoms with E-state index in [0.29, 0.717) is 23.0 Å². The van der Waals surface area contributed by atoms with Crippen molar-refractivity contribution in [2.45, 2.75) is 25.7 Å². The number of carbonyl (C=O) groups excluding carboxylic acids is 1. The first-order valence-electron chi connectivity index (χ1n) is 5.62. The largest absolute Gasteiger partial charge is 0.396 e. The number of hydrogen-bond acceptors (Lipinski definition) is 6. The highest BCUT2D eigenvalue weighted by atomic mass is 32.2. The second kappa shape index (κ2) is 5.27. The van der Waals surface area contributed by atoms with Gasteiger partial charge in [0, 0.05) is 26.3 Å². The summed E-state index contributed by atoms with van der Waals surface area (Å²) in [5.74, 6) is -0.208. The van der Waals surface area contributed by atoms with Crippen LogP contribution in [0.25, 0.3) is 0 Å². The van der Waals surface area contributed by atoms with Crippen LogP contribution in [0, 0.1) is 0 Å². The lowest BCUT2D eigenvalue weighted by atomic mass is 10.3. The molecule has 18 heavy (non-hydrogen) atoms. The Labute approximate surface area is 112 Å². The number of nitrogens with two attached hydrogens (primary N) is 1. The van der Waals surface area contributed by atoms with Crippen LogP contribution in [0.5, 0.6) is 0 Å². The third kappa shape index (κ3) is 2.67. The van der Waals surface area contributed by atoms with Crippen LogP contribution >= 0.6 is 11.3 Å². The van der Waals surface area contributed by atoms with Gasteiger partial charge in [-0.2, -0.15) is 0 Å². The summed E-state index contributed by atoms with van der Waals surface area (Å²) in [5, 5.41) is 0.560. The van der Waals surface area contributed by atoms with Crippen molar-refractivity contribution in [3.8, 4) is 0 Å². The molecule has 0 saturated heterocycles. The fraction of sp³-hybridized carbons (Fsp3) is 0.545. The second-order valence-electron chi connectivity index (χ2n) is 3.98. The molecule has 1 aromatic rings. The van der Waals surface area contributed by atoms with E-state index < -0.39 is 9.84 Å². The fourth-order valence-electron chi connectivity index (χ4n) is 1.76. The standard InChI is InChI=1S/C11H18N2O3S2/c1-5-13(6-2)11-10(18(4,15)16)8(12)9(17-11)7(3)14/h5-6,12H2,1-4H3. The molecule has 0 aliphatic carbocycles. The molecule has 0 aliphatic heterocycles. The molecule has 0 fully saturated rings. The van der Waals surface area contributed by atoms with E-state index in [2.05, 4.69) is 0 Å². The van der Waals surface area contributed by atoms with E-state index in [9.17, 15) is 13.2 Å². The van der Waals surface area contributed by atoms with Crippen molar-refractivity contribution in [3.63, 3.8) is 0 Å². The SMILES string of the molecule is CCN(CC)c1sc(C(C)=O)c(N)c1S(C)(=O)=O. The molecule has 1 rings (SSSR count). The molecule has 2 N–H and O–H groups in total. The Morgan fingerprint density at radius 3 is 2.17 bits per heavy atom. The van der Waals surface area contributed by atoms with Crippen LogP contribution in [0.1, 0.15) is 30.4 Å². The van der Waals surface area contributed by atoms with Gasteiger partial charge < -0.3 is 10.6 Å². The van der Waals surface area contributed by atoms with Crippen molar-refractivity contribution in [1.82, 2.24) is 0 Å². The molecule has 0 spiro atoms. The van der Waals surface area contributed by atoms with E-state index in [1.807, 2.05) is 18.7 Å². The number of anilines is 2. The normalized spacial score (nSPS) is 11.6. The third-order valence-electron chi connectivity index (χ3n) is 2.62. The van der Waals surface area contributed by atoms with E-state index in [1.54, 1.807) is 0 Å². The van der Waals surface area contributed by atoms with E-state index in [1.165, 1.54) is 6.92 Å². The van der Waals surface area contributed by atoms with E-state index in [0.717, 1.165) is 17.6 Å². The van der Waals surface area contributed by atoms with E-state index >= 15 is 0 Å². The number of sulfone groups is 1. The number of hydrogen-bond donors (Lipinski definition) is 1. The molecule has 0 amide bonds. The summed E-state index contributed by atoms with van der Waals surface area (Å²) in [6.45, 7) is 6.57. The van der Waals surface area contributed by atoms with Gasteiger partial charge in [-0.05, 0) is 13.8 Å². The smallest absolute Gasteiger partial charge is 0.180 e. The molecular weight excluding hydrogens is 272 g/mol. The minimum atomic E-state index is -3.45. The quantitative estimate of drug-likeness (QED) is 0.836. The highest BCUT2D eigenvalue weighted by Crippen LogP contribution is 2.41. The van der Waals surface area contributed by atoms with E-state index in [-0.39, 0.29) is 16.4 Å². The average Bonchev–Trinajstić information content (AvgIpc) is 2.57. The van der Waals surface area contributed by atoms with Crippen molar-refractivity contribution >= 4 is 37.6 Å². The molecule has 1 aromatic heterocycles. The van der Waals surface area contributed by atoms with Crippen molar-refractivity contribution in [2.75, 3.05) is 30.0 Å². The predicted octanol–water partition coefficient (Wildman–Crippen LogP) is 1.78. The summed E-state index contributed by atoms with van der Waals surface area (Å²) in [4.78, 5) is 13.8. The van der Waals surface area contributed by atoms with Crippen molar-refractivity contribution in [3.05, 3.63) is 4.88 Å². The van der Waals surface area contributed by atoms with Gasteiger partial charge >= 0.3 is 0 Å². The zero-order valence-corrected chi connectivity index (χ0v) is 12.6. The highest BCUT2D eigenvalue weighted by molar-refractivity contribution is 7.91. The average molecular weight is 290 g/mol. The lowest BCUT2D eigenvalue weighted by Crippen LogP contribution is -2.22. The molecule has 0 saturated carbocycles. The van der Waals surface area contributed by atoms with Crippen LogP contribution in [-0.4, -0.2) is 33.5 Å². The van der Waals surface area contributed by atoms with Crippen LogP contribution in [0.4, 0.5) is 10.7 Å². The Balaban J connectivity index is 3.60. The molecule has 102 valence electrons. The number of nitrogens with zero attached hydrogens (tertiary/aromatic N) is 1. The van der Waals surface area contributed by atoms with Gasteiger partial charge in [-0.3, -0.25) is 4.79 Å². The molecule has 7 heteroatoms. The lowest BCUT2D eigenvalue weighted by molar-refractivity contribution is 0.102. The lowest BCUT2D eigenvalue weighted by Gasteiger charge is -2.20. The van der Waals surface area contributed by atoms with Crippen LogP contribution in [0.15, 0.2) is 4.90 Å². The van der Waals surface area contributed by atoms with Crippen LogP contribution in [0.3, 0.4) is 0 Å². The Hall–Kier alpha value is -1.08. The first-order valence-corrected chi connectivity index (χ1v) is 8.32. The number of nitrogen functional groups attached to an aromatic ring is 1. The van der Waals surface area contributed by atoms with Gasteiger partial charge in [-0.15, -0.1) is 11.3 Å². The Kier molecular flexibility index (Phi) is 4.39. The van der Waals surface area contributed by atoms with Crippen LogP contribution in [0.2, 0.25) is 0 Å². The highest BCUT2D eigenvalue weighted by Gasteiger charge is 2.27. The molecule has 0 radical (unpaired) electrons. The van der Waals surface area contributed by atoms with E-state index in [4.69, 9.17) is 5.73 Å². The molecule has 0 aromatic carbocycles. The van der Waals surface area contributed by atoms with Crippen molar-refractivity contribution in [2.24, 2.45) is 0 Å². The van der Waals surface area contributed by atoms with Gasteiger partial charge in [-0.1, -0.05) is 0 Å². The maximum Gasteiger partial charge on any atom is 0.180 e. The first kappa shape index (κ1) is 15.0. The Morgan fingerprint density at radius 1 is 1.33 bits per heavy atom. The Bertz CT molecular complexity index is 557. The minimum absolute atomic E-state index is 0.0805. The monoisotopic (exact) mass is 290 g/mol. The molecule has 1 heterocycles. The van der Waals surface area contributed by atoms with Crippen molar-refractivity contribution < 1.29 is 13.2 Å². The second-order valence-corrected chi connectivity index (χ2v) is 6.93. The number of ketones is 1. The maximum absolute atomic E-state index is 11.8. The number of rotatable bonds is 5. The van der Waals surface area contributed by atoms with Gasteiger partial charge in [0.05, 0.1) is 10.6 Å². The van der Waals surface area contributed by atoms with Gasteiger partial charge in [0.15, 0.2) is 15.6 Å². The van der Waals surface area contributed by atoms with Gasteiger partial charge in [-0.25, -0.2) is 8.42 Å². The van der Waals surface area contributed by atoms with Gasteiger partial charge in [0.1, 0.15) is 9.90 Å². The fourth-order valence-corrected chi connectivity index (χ4v) is 4.49. The zero-order valence-electron chi connectivity index (χ0n) is 11.0. The maximum atomic E-state index is 11.8. The van der Waals surface area contributed by atoms with Gasteiger partial charge in [0.25, 0.3) is 0 Å². The number of Topliss-reactive ketones (excluding diaryl/α,β-unsaturated/α-hetero) is 1. The summed E-state index contributed by atoms with van der Waals surface area (Å²) in [6.07, 6.45) is 1.11. The van der Waals surface area contributed by atoms with Crippen LogP contribution < -0.4 is 10.6 Å². The van der Waals surface area contributed by atoms with Crippen LogP contribution in [-0.2, 0) is 9.84 Å². The molecule has 0 bridgehead atoms. The first-order chi connectivity index (χ1) is 8.23. The van der Waals surface area contributed by atoms with Crippen molar-refractivity contribution in [1.29, 1.82) is 0 Å². The molecule has 0 atom stereocenters. The minimum Gasteiger partial charge on any atom is -0.396 e. The summed E-state index contributed by atoms with van der Waals surface area (Å²) in [7, 11) is -3.45. The number of carbonyl (C=O) groups is 1.